The molecule has 2 atom stereocenters. The molecule has 0 bridgehead atoms. The minimum Gasteiger partial charge on any atom is -0.481 e. The number of benzene rings is 1. The molecule has 7 heteroatoms. The Morgan fingerprint density at radius 2 is 1.95 bits per heavy atom. The fraction of sp³-hybridized carbons (Fsp3) is 0.333. The van der Waals surface area contributed by atoms with Gasteiger partial charge in [0.1, 0.15) is 18.2 Å². The molecule has 0 spiro atoms. The number of rotatable bonds is 4. The SMILES string of the molecule is C=CCOC(=O)N1C[C@@H](C(=O)O)[C@H](c2cc(F)cc(F)c2)C1. The topological polar surface area (TPSA) is 66.8 Å². The first kappa shape index (κ1) is 15.9. The van der Waals surface area contributed by atoms with E-state index in [1.807, 2.05) is 0 Å². The first-order chi connectivity index (χ1) is 10.4. The maximum absolute atomic E-state index is 13.3. The van der Waals surface area contributed by atoms with Crippen LogP contribution in [0.2, 0.25) is 0 Å². The molecule has 0 saturated carbocycles. The van der Waals surface area contributed by atoms with Gasteiger partial charge in [-0.25, -0.2) is 13.6 Å². The monoisotopic (exact) mass is 311 g/mol. The van der Waals surface area contributed by atoms with Crippen molar-refractivity contribution < 1.29 is 28.2 Å². The molecule has 0 aromatic heterocycles. The number of nitrogens with zero attached hydrogens (tertiary/aromatic N) is 1. The van der Waals surface area contributed by atoms with Gasteiger partial charge >= 0.3 is 12.1 Å². The molecule has 1 fully saturated rings. The zero-order valence-corrected chi connectivity index (χ0v) is 11.7. The highest BCUT2D eigenvalue weighted by Crippen LogP contribution is 2.34. The largest absolute Gasteiger partial charge is 0.481 e. The average Bonchev–Trinajstić information content (AvgIpc) is 2.89. The van der Waals surface area contributed by atoms with Crippen LogP contribution in [0, 0.1) is 17.6 Å². The van der Waals surface area contributed by atoms with Gasteiger partial charge in [0.25, 0.3) is 0 Å². The summed E-state index contributed by atoms with van der Waals surface area (Å²) in [6.45, 7) is 3.37. The van der Waals surface area contributed by atoms with Crippen molar-refractivity contribution >= 4 is 12.1 Å². The molecule has 1 saturated heterocycles. The van der Waals surface area contributed by atoms with Gasteiger partial charge in [0.15, 0.2) is 0 Å². The summed E-state index contributed by atoms with van der Waals surface area (Å²) in [5.41, 5.74) is 0.212. The average molecular weight is 311 g/mol. The summed E-state index contributed by atoms with van der Waals surface area (Å²) in [5, 5.41) is 9.28. The minimum atomic E-state index is -1.13. The van der Waals surface area contributed by atoms with E-state index in [4.69, 9.17) is 4.74 Å². The van der Waals surface area contributed by atoms with E-state index in [2.05, 4.69) is 6.58 Å². The van der Waals surface area contributed by atoms with Crippen LogP contribution >= 0.6 is 0 Å². The van der Waals surface area contributed by atoms with Gasteiger partial charge in [-0.05, 0) is 17.7 Å². The lowest BCUT2D eigenvalue weighted by molar-refractivity contribution is -0.141. The van der Waals surface area contributed by atoms with Crippen LogP contribution in [0.1, 0.15) is 11.5 Å². The molecule has 118 valence electrons. The van der Waals surface area contributed by atoms with E-state index in [0.717, 1.165) is 12.1 Å². The van der Waals surface area contributed by atoms with Gasteiger partial charge in [-0.15, -0.1) is 0 Å². The number of likely N-dealkylation sites (tertiary alicyclic amines) is 1. The van der Waals surface area contributed by atoms with E-state index < -0.39 is 35.5 Å². The lowest BCUT2D eigenvalue weighted by Gasteiger charge is -2.16. The first-order valence-electron chi connectivity index (χ1n) is 6.63. The van der Waals surface area contributed by atoms with Crippen LogP contribution in [0.25, 0.3) is 0 Å². The third-order valence-corrected chi connectivity index (χ3v) is 3.53. The molecular weight excluding hydrogens is 296 g/mol. The van der Waals surface area contributed by atoms with Gasteiger partial charge in [-0.1, -0.05) is 12.7 Å². The maximum Gasteiger partial charge on any atom is 0.410 e. The molecule has 1 N–H and O–H groups in total. The second kappa shape index (κ2) is 6.55. The molecule has 0 unspecified atom stereocenters. The standard InChI is InChI=1S/C15H15F2NO4/c1-2-3-22-15(21)18-7-12(13(8-18)14(19)20)9-4-10(16)6-11(17)5-9/h2,4-6,12-13H,1,3,7-8H2,(H,19,20)/t12-,13+/m0/s1. The van der Waals surface area contributed by atoms with Crippen LogP contribution in [-0.2, 0) is 9.53 Å². The summed E-state index contributed by atoms with van der Waals surface area (Å²) in [5.74, 6) is -4.34. The van der Waals surface area contributed by atoms with Crippen molar-refractivity contribution in [3.63, 3.8) is 0 Å². The van der Waals surface area contributed by atoms with Crippen LogP contribution in [0.15, 0.2) is 30.9 Å². The van der Waals surface area contributed by atoms with E-state index in [-0.39, 0.29) is 25.3 Å². The Hall–Kier alpha value is -2.44. The zero-order valence-electron chi connectivity index (χ0n) is 11.7. The molecule has 22 heavy (non-hydrogen) atoms. The van der Waals surface area contributed by atoms with Crippen LogP contribution in [-0.4, -0.2) is 41.8 Å². The van der Waals surface area contributed by atoms with E-state index >= 15 is 0 Å². The predicted octanol–water partition coefficient (Wildman–Crippen LogP) is 2.39. The van der Waals surface area contributed by atoms with E-state index in [9.17, 15) is 23.5 Å². The number of aliphatic carboxylic acids is 1. The fourth-order valence-corrected chi connectivity index (χ4v) is 2.55. The molecule has 1 amide bonds. The predicted molar refractivity (Wildman–Crippen MR) is 73.3 cm³/mol. The second-order valence-corrected chi connectivity index (χ2v) is 5.02. The van der Waals surface area contributed by atoms with Gasteiger partial charge in [-0.2, -0.15) is 0 Å². The molecular formula is C15H15F2NO4. The van der Waals surface area contributed by atoms with Gasteiger partial charge < -0.3 is 14.7 Å². The number of hydrogen-bond donors (Lipinski definition) is 1. The normalized spacial score (nSPS) is 20.7. The van der Waals surface area contributed by atoms with Crippen molar-refractivity contribution in [2.75, 3.05) is 19.7 Å². The van der Waals surface area contributed by atoms with Crippen LogP contribution in [0.4, 0.5) is 13.6 Å². The maximum atomic E-state index is 13.3. The molecule has 1 aliphatic rings. The fourth-order valence-electron chi connectivity index (χ4n) is 2.55. The Kier molecular flexibility index (Phi) is 4.75. The molecule has 0 aliphatic carbocycles. The lowest BCUT2D eigenvalue weighted by Crippen LogP contribution is -2.30. The van der Waals surface area contributed by atoms with Crippen molar-refractivity contribution in [1.29, 1.82) is 0 Å². The van der Waals surface area contributed by atoms with Crippen molar-refractivity contribution in [2.24, 2.45) is 5.92 Å². The Labute approximate surface area is 125 Å². The van der Waals surface area contributed by atoms with Crippen molar-refractivity contribution in [3.05, 3.63) is 48.1 Å². The number of ether oxygens (including phenoxy) is 1. The highest BCUT2D eigenvalue weighted by Gasteiger charge is 2.41. The number of carbonyl (C=O) groups is 2. The smallest absolute Gasteiger partial charge is 0.410 e. The molecule has 1 heterocycles. The number of hydrogen-bond acceptors (Lipinski definition) is 3. The number of carboxylic acid groups (broad SMARTS) is 1. The molecule has 2 rings (SSSR count). The summed E-state index contributed by atoms with van der Waals surface area (Å²) in [7, 11) is 0. The van der Waals surface area contributed by atoms with E-state index in [1.165, 1.54) is 11.0 Å². The second-order valence-electron chi connectivity index (χ2n) is 5.02. The third-order valence-electron chi connectivity index (χ3n) is 3.53. The highest BCUT2D eigenvalue weighted by molar-refractivity contribution is 5.75. The molecule has 1 aliphatic heterocycles. The Morgan fingerprint density at radius 3 is 2.50 bits per heavy atom. The quantitative estimate of drug-likeness (QED) is 0.867. The summed E-state index contributed by atoms with van der Waals surface area (Å²) in [4.78, 5) is 24.4. The Morgan fingerprint density at radius 1 is 1.32 bits per heavy atom. The van der Waals surface area contributed by atoms with Crippen LogP contribution < -0.4 is 0 Å². The van der Waals surface area contributed by atoms with Crippen LogP contribution in [0.3, 0.4) is 0 Å². The number of amides is 1. The summed E-state index contributed by atoms with van der Waals surface area (Å²) < 4.78 is 31.5. The Bertz CT molecular complexity index is 585. The van der Waals surface area contributed by atoms with Gasteiger partial charge in [0, 0.05) is 25.1 Å². The summed E-state index contributed by atoms with van der Waals surface area (Å²) >= 11 is 0. The number of carbonyl (C=O) groups excluding carboxylic acids is 1. The summed E-state index contributed by atoms with van der Waals surface area (Å²) in [6.07, 6.45) is 0.716. The molecule has 1 aromatic carbocycles. The van der Waals surface area contributed by atoms with Gasteiger partial charge in [0.05, 0.1) is 5.92 Å². The van der Waals surface area contributed by atoms with Gasteiger partial charge in [-0.3, -0.25) is 4.79 Å². The van der Waals surface area contributed by atoms with Crippen molar-refractivity contribution in [3.8, 4) is 0 Å². The van der Waals surface area contributed by atoms with Gasteiger partial charge in [0.2, 0.25) is 0 Å². The molecule has 1 aromatic rings. The Balaban J connectivity index is 2.23. The van der Waals surface area contributed by atoms with E-state index in [1.54, 1.807) is 0 Å². The first-order valence-corrected chi connectivity index (χ1v) is 6.63. The van der Waals surface area contributed by atoms with Crippen LogP contribution in [0.5, 0.6) is 0 Å². The van der Waals surface area contributed by atoms with E-state index in [0.29, 0.717) is 6.07 Å². The third kappa shape index (κ3) is 3.41. The lowest BCUT2D eigenvalue weighted by atomic mass is 9.89. The minimum absolute atomic E-state index is 0.00628. The van der Waals surface area contributed by atoms with Crippen molar-refractivity contribution in [1.82, 2.24) is 4.90 Å². The number of carboxylic acids is 1. The number of halogens is 2. The molecule has 0 radical (unpaired) electrons. The summed E-state index contributed by atoms with van der Waals surface area (Å²) in [6, 6.07) is 2.88. The molecule has 5 nitrogen and oxygen atoms in total. The van der Waals surface area contributed by atoms with Crippen molar-refractivity contribution in [2.45, 2.75) is 5.92 Å². The highest BCUT2D eigenvalue weighted by atomic mass is 19.1. The zero-order chi connectivity index (χ0) is 16.3.